The molecule has 0 atom stereocenters. The van der Waals surface area contributed by atoms with Crippen molar-refractivity contribution < 1.29 is 0 Å². The number of nitrogens with zero attached hydrogens (tertiary/aromatic N) is 2. The summed E-state index contributed by atoms with van der Waals surface area (Å²) in [6.07, 6.45) is 1.01. The molecule has 3 nitrogen and oxygen atoms in total. The topological polar surface area (TPSA) is 29.9 Å². The Kier molecular flexibility index (Phi) is 4.84. The van der Waals surface area contributed by atoms with Crippen LogP contribution in [0.4, 0.5) is 0 Å². The van der Waals surface area contributed by atoms with E-state index in [0.29, 0.717) is 0 Å². The number of hydrogen-bond acceptors (Lipinski definition) is 2. The second kappa shape index (κ2) is 6.42. The SMILES string of the molecule is CCNCc1cc(Cl)ccc1-n1nc(C)c(CC)c1C. The molecule has 1 N–H and O–H groups in total. The normalized spacial score (nSPS) is 11.1. The van der Waals surface area contributed by atoms with Crippen molar-refractivity contribution in [3.8, 4) is 5.69 Å². The predicted molar refractivity (Wildman–Crippen MR) is 84.8 cm³/mol. The van der Waals surface area contributed by atoms with Crippen LogP contribution in [0.2, 0.25) is 5.02 Å². The smallest absolute Gasteiger partial charge is 0.0694 e. The van der Waals surface area contributed by atoms with Crippen molar-refractivity contribution in [1.29, 1.82) is 0 Å². The maximum absolute atomic E-state index is 6.13. The minimum absolute atomic E-state index is 0.763. The van der Waals surface area contributed by atoms with Crippen molar-refractivity contribution >= 4 is 11.6 Å². The second-order valence-corrected chi connectivity index (χ2v) is 5.40. The van der Waals surface area contributed by atoms with Crippen molar-refractivity contribution in [3.05, 3.63) is 45.7 Å². The van der Waals surface area contributed by atoms with Gasteiger partial charge in [-0.3, -0.25) is 0 Å². The van der Waals surface area contributed by atoms with Gasteiger partial charge in [-0.2, -0.15) is 5.10 Å². The van der Waals surface area contributed by atoms with Crippen molar-refractivity contribution in [2.75, 3.05) is 6.54 Å². The van der Waals surface area contributed by atoms with E-state index in [9.17, 15) is 0 Å². The lowest BCUT2D eigenvalue weighted by Gasteiger charge is -2.12. The fourth-order valence-electron chi connectivity index (χ4n) is 2.58. The van der Waals surface area contributed by atoms with E-state index in [2.05, 4.69) is 33.0 Å². The molecule has 0 fully saturated rings. The summed E-state index contributed by atoms with van der Waals surface area (Å²) in [5, 5.41) is 8.82. The number of halogens is 1. The van der Waals surface area contributed by atoms with Gasteiger partial charge in [-0.1, -0.05) is 25.4 Å². The highest BCUT2D eigenvalue weighted by Gasteiger charge is 2.14. The van der Waals surface area contributed by atoms with Gasteiger partial charge in [-0.25, -0.2) is 4.68 Å². The summed E-state index contributed by atoms with van der Waals surface area (Å²) in [6.45, 7) is 10.2. The minimum Gasteiger partial charge on any atom is -0.313 e. The molecule has 4 heteroatoms. The highest BCUT2D eigenvalue weighted by molar-refractivity contribution is 6.30. The molecule has 0 amide bonds. The van der Waals surface area contributed by atoms with Gasteiger partial charge in [0, 0.05) is 17.3 Å². The van der Waals surface area contributed by atoms with Crippen LogP contribution in [-0.2, 0) is 13.0 Å². The summed E-state index contributed by atoms with van der Waals surface area (Å²) < 4.78 is 2.04. The van der Waals surface area contributed by atoms with Gasteiger partial charge >= 0.3 is 0 Å². The number of nitrogens with one attached hydrogen (secondary N) is 1. The van der Waals surface area contributed by atoms with Gasteiger partial charge in [0.15, 0.2) is 0 Å². The first-order valence-corrected chi connectivity index (χ1v) is 7.50. The largest absolute Gasteiger partial charge is 0.313 e. The molecule has 1 aromatic carbocycles. The zero-order valence-electron chi connectivity index (χ0n) is 12.6. The molecule has 1 heterocycles. The molecule has 0 saturated carbocycles. The Morgan fingerprint density at radius 3 is 2.60 bits per heavy atom. The van der Waals surface area contributed by atoms with Crippen LogP contribution in [0.5, 0.6) is 0 Å². The molecule has 0 aliphatic heterocycles. The Bertz CT molecular complexity index is 602. The van der Waals surface area contributed by atoms with Gasteiger partial charge in [0.25, 0.3) is 0 Å². The summed E-state index contributed by atoms with van der Waals surface area (Å²) in [5.74, 6) is 0. The molecular weight excluding hydrogens is 270 g/mol. The maximum Gasteiger partial charge on any atom is 0.0694 e. The second-order valence-electron chi connectivity index (χ2n) is 4.97. The molecule has 0 radical (unpaired) electrons. The Morgan fingerprint density at radius 2 is 2.00 bits per heavy atom. The van der Waals surface area contributed by atoms with E-state index in [0.717, 1.165) is 35.9 Å². The standard InChI is InChI=1S/C16H22ClN3/c1-5-15-11(3)19-20(12(15)4)16-8-7-14(17)9-13(16)10-18-6-2/h7-9,18H,5-6,10H2,1-4H3. The quantitative estimate of drug-likeness (QED) is 0.908. The molecule has 0 bridgehead atoms. The molecule has 0 spiro atoms. The zero-order chi connectivity index (χ0) is 14.7. The van der Waals surface area contributed by atoms with E-state index >= 15 is 0 Å². The number of aromatic nitrogens is 2. The van der Waals surface area contributed by atoms with Crippen LogP contribution < -0.4 is 5.32 Å². The zero-order valence-corrected chi connectivity index (χ0v) is 13.4. The van der Waals surface area contributed by atoms with Gasteiger partial charge in [0.1, 0.15) is 0 Å². The molecule has 2 aromatic rings. The molecule has 20 heavy (non-hydrogen) atoms. The van der Waals surface area contributed by atoms with Gasteiger partial charge in [-0.15, -0.1) is 0 Å². The molecule has 0 saturated heterocycles. The lowest BCUT2D eigenvalue weighted by Crippen LogP contribution is -2.14. The number of rotatable bonds is 5. The number of hydrogen-bond donors (Lipinski definition) is 1. The van der Waals surface area contributed by atoms with Crippen LogP contribution >= 0.6 is 11.6 Å². The molecule has 2 rings (SSSR count). The molecule has 108 valence electrons. The predicted octanol–water partition coefficient (Wildman–Crippen LogP) is 3.81. The lowest BCUT2D eigenvalue weighted by molar-refractivity contribution is 0.713. The Balaban J connectivity index is 2.51. The van der Waals surface area contributed by atoms with Crippen LogP contribution in [0.1, 0.15) is 36.4 Å². The fraction of sp³-hybridized carbons (Fsp3) is 0.438. The van der Waals surface area contributed by atoms with Crippen LogP contribution in [0.3, 0.4) is 0 Å². The Labute approximate surface area is 126 Å². The van der Waals surface area contributed by atoms with Crippen molar-refractivity contribution in [3.63, 3.8) is 0 Å². The van der Waals surface area contributed by atoms with Crippen LogP contribution in [0.15, 0.2) is 18.2 Å². The Morgan fingerprint density at radius 1 is 1.25 bits per heavy atom. The van der Waals surface area contributed by atoms with E-state index in [4.69, 9.17) is 16.7 Å². The number of aryl methyl sites for hydroxylation is 1. The molecule has 0 unspecified atom stereocenters. The van der Waals surface area contributed by atoms with E-state index in [1.54, 1.807) is 0 Å². The third-order valence-corrected chi connectivity index (χ3v) is 3.87. The van der Waals surface area contributed by atoms with Crippen molar-refractivity contribution in [2.24, 2.45) is 0 Å². The maximum atomic E-state index is 6.13. The molecule has 0 aliphatic carbocycles. The van der Waals surface area contributed by atoms with Crippen LogP contribution in [-0.4, -0.2) is 16.3 Å². The summed E-state index contributed by atoms with van der Waals surface area (Å²) in [4.78, 5) is 0. The van der Waals surface area contributed by atoms with Crippen molar-refractivity contribution in [1.82, 2.24) is 15.1 Å². The first-order valence-electron chi connectivity index (χ1n) is 7.13. The monoisotopic (exact) mass is 291 g/mol. The lowest BCUT2D eigenvalue weighted by atomic mass is 10.1. The molecule has 1 aromatic heterocycles. The molecule has 0 aliphatic rings. The summed E-state index contributed by atoms with van der Waals surface area (Å²) in [5.41, 5.74) is 5.93. The van der Waals surface area contributed by atoms with Gasteiger partial charge in [0.05, 0.1) is 11.4 Å². The highest BCUT2D eigenvalue weighted by Crippen LogP contribution is 2.23. The van der Waals surface area contributed by atoms with Crippen molar-refractivity contribution in [2.45, 2.75) is 40.7 Å². The first-order chi connectivity index (χ1) is 9.58. The third-order valence-electron chi connectivity index (χ3n) is 3.63. The van der Waals surface area contributed by atoms with E-state index < -0.39 is 0 Å². The van der Waals surface area contributed by atoms with Gasteiger partial charge in [0.2, 0.25) is 0 Å². The van der Waals surface area contributed by atoms with E-state index in [1.165, 1.54) is 16.8 Å². The highest BCUT2D eigenvalue weighted by atomic mass is 35.5. The van der Waals surface area contributed by atoms with Gasteiger partial charge in [-0.05, 0) is 56.1 Å². The van der Waals surface area contributed by atoms with E-state index in [-0.39, 0.29) is 0 Å². The fourth-order valence-corrected chi connectivity index (χ4v) is 2.78. The molecular formula is C16H22ClN3. The third kappa shape index (κ3) is 2.89. The first kappa shape index (κ1) is 15.1. The van der Waals surface area contributed by atoms with Crippen LogP contribution in [0.25, 0.3) is 5.69 Å². The van der Waals surface area contributed by atoms with Crippen LogP contribution in [0, 0.1) is 13.8 Å². The average molecular weight is 292 g/mol. The number of benzene rings is 1. The summed E-state index contributed by atoms with van der Waals surface area (Å²) in [7, 11) is 0. The Hall–Kier alpha value is -1.32. The summed E-state index contributed by atoms with van der Waals surface area (Å²) in [6, 6.07) is 5.99. The van der Waals surface area contributed by atoms with E-state index in [1.807, 2.05) is 22.9 Å². The average Bonchev–Trinajstić information content (AvgIpc) is 2.71. The summed E-state index contributed by atoms with van der Waals surface area (Å²) >= 11 is 6.13. The van der Waals surface area contributed by atoms with Gasteiger partial charge < -0.3 is 5.32 Å². The minimum atomic E-state index is 0.763.